The molecule has 1 aliphatic rings. The lowest BCUT2D eigenvalue weighted by molar-refractivity contribution is 0.415. The van der Waals surface area contributed by atoms with Crippen molar-refractivity contribution in [1.82, 2.24) is 9.97 Å². The molecule has 3 rings (SSSR count). The predicted octanol–water partition coefficient (Wildman–Crippen LogP) is 2.10. The second-order valence-corrected chi connectivity index (χ2v) is 8.24. The number of imidazole rings is 1. The average molecular weight is 312 g/mol. The molecule has 2 aromatic rings. The first-order chi connectivity index (χ1) is 9.55. The van der Waals surface area contributed by atoms with E-state index >= 15 is 0 Å². The van der Waals surface area contributed by atoms with Crippen molar-refractivity contribution >= 4 is 32.6 Å². The normalized spacial score (nSPS) is 18.1. The topological polar surface area (TPSA) is 72.0 Å². The molecule has 7 heteroatoms. The van der Waals surface area contributed by atoms with Gasteiger partial charge in [0, 0.05) is 11.8 Å². The molecular weight excluding hydrogens is 296 g/mol. The van der Waals surface area contributed by atoms with Crippen molar-refractivity contribution in [3.8, 4) is 5.75 Å². The summed E-state index contributed by atoms with van der Waals surface area (Å²) in [6, 6.07) is 5.73. The van der Waals surface area contributed by atoms with Crippen LogP contribution >= 0.6 is 11.8 Å². The largest absolute Gasteiger partial charge is 0.497 e. The lowest BCUT2D eigenvalue weighted by atomic mass is 10.1. The number of fused-ring (bicyclic) bond motifs is 1. The van der Waals surface area contributed by atoms with Gasteiger partial charge in [0.15, 0.2) is 15.0 Å². The zero-order valence-electron chi connectivity index (χ0n) is 11.1. The molecule has 0 spiro atoms. The van der Waals surface area contributed by atoms with E-state index < -0.39 is 9.84 Å². The van der Waals surface area contributed by atoms with Crippen LogP contribution in [0.5, 0.6) is 5.75 Å². The molecule has 20 heavy (non-hydrogen) atoms. The van der Waals surface area contributed by atoms with Gasteiger partial charge in [0.1, 0.15) is 5.75 Å². The second-order valence-electron chi connectivity index (χ2n) is 5.01. The molecule has 0 radical (unpaired) electrons. The molecule has 0 saturated carbocycles. The van der Waals surface area contributed by atoms with E-state index in [1.54, 1.807) is 18.9 Å². The third-order valence-corrected chi connectivity index (χ3v) is 6.28. The summed E-state index contributed by atoms with van der Waals surface area (Å²) < 4.78 is 27.3. The first-order valence-electron chi connectivity index (χ1n) is 6.43. The fraction of sp³-hybridized carbons (Fsp3) is 0.462. The smallest absolute Gasteiger partial charge is 0.166 e. The van der Waals surface area contributed by atoms with E-state index in [-0.39, 0.29) is 0 Å². The SMILES string of the molecule is COc1ccc2nc(SCCC3CS(=O)(=O)C3)[nH]c2c1. The molecule has 0 aliphatic carbocycles. The molecule has 1 saturated heterocycles. The van der Waals surface area contributed by atoms with Gasteiger partial charge >= 0.3 is 0 Å². The van der Waals surface area contributed by atoms with Gasteiger partial charge in [-0.15, -0.1) is 0 Å². The quantitative estimate of drug-likeness (QED) is 0.856. The number of nitrogens with one attached hydrogen (secondary N) is 1. The minimum Gasteiger partial charge on any atom is -0.497 e. The summed E-state index contributed by atoms with van der Waals surface area (Å²) in [5, 5.41) is 0.871. The summed E-state index contributed by atoms with van der Waals surface area (Å²) in [5.41, 5.74) is 1.87. The average Bonchev–Trinajstić information content (AvgIpc) is 2.77. The Bertz CT molecular complexity index is 712. The van der Waals surface area contributed by atoms with Crippen LogP contribution < -0.4 is 4.74 Å². The Kier molecular flexibility index (Phi) is 3.64. The number of benzene rings is 1. The summed E-state index contributed by atoms with van der Waals surface area (Å²) in [4.78, 5) is 7.74. The van der Waals surface area contributed by atoms with Crippen LogP contribution in [0.25, 0.3) is 11.0 Å². The molecule has 108 valence electrons. The first kappa shape index (κ1) is 13.8. The van der Waals surface area contributed by atoms with E-state index in [0.29, 0.717) is 17.4 Å². The summed E-state index contributed by atoms with van der Waals surface area (Å²) in [7, 11) is -1.06. The van der Waals surface area contributed by atoms with Crippen molar-refractivity contribution in [3.63, 3.8) is 0 Å². The Morgan fingerprint density at radius 1 is 1.45 bits per heavy atom. The van der Waals surface area contributed by atoms with Crippen molar-refractivity contribution in [2.75, 3.05) is 24.4 Å². The fourth-order valence-electron chi connectivity index (χ4n) is 2.32. The highest BCUT2D eigenvalue weighted by Gasteiger charge is 2.32. The molecule has 2 heterocycles. The first-order valence-corrected chi connectivity index (χ1v) is 9.23. The van der Waals surface area contributed by atoms with Crippen molar-refractivity contribution in [3.05, 3.63) is 18.2 Å². The van der Waals surface area contributed by atoms with Crippen LogP contribution in [0.15, 0.2) is 23.4 Å². The lowest BCUT2D eigenvalue weighted by Crippen LogP contribution is -2.36. The zero-order valence-corrected chi connectivity index (χ0v) is 12.8. The number of aromatic amines is 1. The summed E-state index contributed by atoms with van der Waals surface area (Å²) >= 11 is 1.64. The number of hydrogen-bond acceptors (Lipinski definition) is 5. The molecule has 0 unspecified atom stereocenters. The highest BCUT2D eigenvalue weighted by atomic mass is 32.2. The molecule has 0 bridgehead atoms. The Labute approximate surface area is 122 Å². The van der Waals surface area contributed by atoms with Gasteiger partial charge in [0.05, 0.1) is 29.6 Å². The van der Waals surface area contributed by atoms with Gasteiger partial charge in [-0.2, -0.15) is 0 Å². The van der Waals surface area contributed by atoms with Crippen LogP contribution in [0, 0.1) is 5.92 Å². The minimum absolute atomic E-state index is 0.331. The monoisotopic (exact) mass is 312 g/mol. The van der Waals surface area contributed by atoms with E-state index in [2.05, 4.69) is 9.97 Å². The molecule has 1 aliphatic heterocycles. The maximum atomic E-state index is 11.1. The standard InChI is InChI=1S/C13H16N2O3S2/c1-18-10-2-3-11-12(6-10)15-13(14-11)19-5-4-9-7-20(16,17)8-9/h2-3,6,9H,4-5,7-8H2,1H3,(H,14,15). The maximum Gasteiger partial charge on any atom is 0.166 e. The zero-order chi connectivity index (χ0) is 14.2. The van der Waals surface area contributed by atoms with E-state index in [9.17, 15) is 8.42 Å². The molecule has 0 amide bonds. The van der Waals surface area contributed by atoms with Crippen LogP contribution in [0.1, 0.15) is 6.42 Å². The Morgan fingerprint density at radius 3 is 2.95 bits per heavy atom. The number of nitrogens with zero attached hydrogens (tertiary/aromatic N) is 1. The van der Waals surface area contributed by atoms with Crippen LogP contribution in [0.4, 0.5) is 0 Å². The lowest BCUT2D eigenvalue weighted by Gasteiger charge is -2.24. The fourth-order valence-corrected chi connectivity index (χ4v) is 4.98. The van der Waals surface area contributed by atoms with E-state index in [0.717, 1.165) is 34.1 Å². The summed E-state index contributed by atoms with van der Waals surface area (Å²) in [5.74, 6) is 2.72. The molecular formula is C13H16N2O3S2. The molecule has 1 aromatic carbocycles. The number of rotatable bonds is 5. The van der Waals surface area contributed by atoms with Crippen LogP contribution in [-0.2, 0) is 9.84 Å². The van der Waals surface area contributed by atoms with Crippen LogP contribution in [0.3, 0.4) is 0 Å². The Hall–Kier alpha value is -1.21. The molecule has 1 aromatic heterocycles. The van der Waals surface area contributed by atoms with Crippen molar-refractivity contribution < 1.29 is 13.2 Å². The molecule has 1 N–H and O–H groups in total. The van der Waals surface area contributed by atoms with E-state index in [1.165, 1.54) is 0 Å². The highest BCUT2D eigenvalue weighted by Crippen LogP contribution is 2.27. The van der Waals surface area contributed by atoms with E-state index in [4.69, 9.17) is 4.74 Å². The van der Waals surface area contributed by atoms with Gasteiger partial charge in [0.2, 0.25) is 0 Å². The number of thioether (sulfide) groups is 1. The van der Waals surface area contributed by atoms with Gasteiger partial charge in [-0.25, -0.2) is 13.4 Å². The molecule has 1 fully saturated rings. The maximum absolute atomic E-state index is 11.1. The number of hydrogen-bond donors (Lipinski definition) is 1. The van der Waals surface area contributed by atoms with Gasteiger partial charge in [0.25, 0.3) is 0 Å². The van der Waals surface area contributed by atoms with Gasteiger partial charge in [-0.05, 0) is 24.5 Å². The Balaban J connectivity index is 1.58. The summed E-state index contributed by atoms with van der Waals surface area (Å²) in [6.07, 6.45) is 0.921. The Morgan fingerprint density at radius 2 is 2.25 bits per heavy atom. The third kappa shape index (κ3) is 2.93. The number of methoxy groups -OCH3 is 1. The molecule has 0 atom stereocenters. The third-order valence-electron chi connectivity index (χ3n) is 3.41. The minimum atomic E-state index is -2.70. The highest BCUT2D eigenvalue weighted by molar-refractivity contribution is 7.99. The van der Waals surface area contributed by atoms with Crippen molar-refractivity contribution in [2.45, 2.75) is 11.6 Å². The van der Waals surface area contributed by atoms with Gasteiger partial charge in [-0.3, -0.25) is 0 Å². The van der Waals surface area contributed by atoms with Crippen LogP contribution in [0.2, 0.25) is 0 Å². The van der Waals surface area contributed by atoms with E-state index in [1.807, 2.05) is 18.2 Å². The summed E-state index contributed by atoms with van der Waals surface area (Å²) in [6.45, 7) is 0. The van der Waals surface area contributed by atoms with Crippen LogP contribution in [-0.4, -0.2) is 42.8 Å². The second kappa shape index (κ2) is 5.29. The van der Waals surface area contributed by atoms with Gasteiger partial charge < -0.3 is 9.72 Å². The van der Waals surface area contributed by atoms with Gasteiger partial charge in [-0.1, -0.05) is 11.8 Å². The number of sulfone groups is 1. The predicted molar refractivity (Wildman–Crippen MR) is 80.1 cm³/mol. The number of aromatic nitrogens is 2. The number of ether oxygens (including phenoxy) is 1. The molecule has 5 nitrogen and oxygen atoms in total. The number of H-pyrrole nitrogens is 1. The van der Waals surface area contributed by atoms with Crippen molar-refractivity contribution in [2.24, 2.45) is 5.92 Å². The van der Waals surface area contributed by atoms with Crippen molar-refractivity contribution in [1.29, 1.82) is 0 Å².